The Bertz CT molecular complexity index is 614. The molecule has 0 spiro atoms. The minimum absolute atomic E-state index is 0.0701. The maximum Gasteiger partial charge on any atom is 0.328 e. The summed E-state index contributed by atoms with van der Waals surface area (Å²) in [6, 6.07) is 6.52. The average molecular weight is 334 g/mol. The van der Waals surface area contributed by atoms with Crippen molar-refractivity contribution in [1.29, 1.82) is 0 Å². The van der Waals surface area contributed by atoms with Gasteiger partial charge in [0.1, 0.15) is 0 Å². The van der Waals surface area contributed by atoms with Crippen LogP contribution in [0, 0.1) is 5.92 Å². The second-order valence-electron chi connectivity index (χ2n) is 5.78. The first-order valence-electron chi connectivity index (χ1n) is 7.87. The zero-order valence-corrected chi connectivity index (χ0v) is 13.8. The Morgan fingerprint density at radius 2 is 2.04 bits per heavy atom. The van der Waals surface area contributed by atoms with Crippen molar-refractivity contribution in [3.8, 4) is 0 Å². The van der Waals surface area contributed by atoms with E-state index in [0.717, 1.165) is 12.1 Å². The highest BCUT2D eigenvalue weighted by Crippen LogP contribution is 2.25. The van der Waals surface area contributed by atoms with Gasteiger partial charge < -0.3 is 20.1 Å². The molecule has 0 saturated carbocycles. The van der Waals surface area contributed by atoms with E-state index < -0.39 is 23.8 Å². The number of benzene rings is 1. The molecule has 1 fully saturated rings. The molecule has 1 heterocycles. The summed E-state index contributed by atoms with van der Waals surface area (Å²) in [5, 5.41) is 11.5. The second-order valence-corrected chi connectivity index (χ2v) is 5.78. The fourth-order valence-corrected chi connectivity index (χ4v) is 2.68. The number of carboxylic acid groups (broad SMARTS) is 1. The van der Waals surface area contributed by atoms with Crippen LogP contribution in [0.1, 0.15) is 18.9 Å². The van der Waals surface area contributed by atoms with Gasteiger partial charge in [0.05, 0.1) is 12.5 Å². The zero-order valence-electron chi connectivity index (χ0n) is 13.8. The van der Waals surface area contributed by atoms with Crippen molar-refractivity contribution in [3.05, 3.63) is 29.8 Å². The van der Waals surface area contributed by atoms with E-state index in [2.05, 4.69) is 12.2 Å². The van der Waals surface area contributed by atoms with Crippen molar-refractivity contribution in [3.63, 3.8) is 0 Å². The molecular formula is C17H22N2O5. The van der Waals surface area contributed by atoms with Crippen molar-refractivity contribution in [1.82, 2.24) is 5.32 Å². The number of carbonyl (C=O) groups is 3. The van der Waals surface area contributed by atoms with Gasteiger partial charge in [-0.25, -0.2) is 4.79 Å². The van der Waals surface area contributed by atoms with Crippen LogP contribution in [0.5, 0.6) is 0 Å². The van der Waals surface area contributed by atoms with E-state index in [4.69, 9.17) is 9.84 Å². The quantitative estimate of drug-likeness (QED) is 0.769. The number of aliphatic carboxylic acids is 1. The van der Waals surface area contributed by atoms with Crippen LogP contribution < -0.4 is 10.2 Å². The van der Waals surface area contributed by atoms with E-state index in [1.54, 1.807) is 4.90 Å². The number of anilines is 1. The van der Waals surface area contributed by atoms with Crippen LogP contribution in [0.25, 0.3) is 0 Å². The van der Waals surface area contributed by atoms with E-state index in [-0.39, 0.29) is 25.5 Å². The molecule has 2 rings (SSSR count). The number of carboxylic acids is 1. The van der Waals surface area contributed by atoms with Gasteiger partial charge in [-0.1, -0.05) is 19.1 Å². The third kappa shape index (κ3) is 4.11. The largest absolute Gasteiger partial charge is 0.480 e. The number of ether oxygens (including phenoxy) is 1. The van der Waals surface area contributed by atoms with E-state index in [9.17, 15) is 14.4 Å². The van der Waals surface area contributed by atoms with Crippen LogP contribution in [-0.2, 0) is 25.5 Å². The minimum atomic E-state index is -1.17. The second kappa shape index (κ2) is 7.92. The molecule has 1 saturated heterocycles. The Labute approximate surface area is 140 Å². The molecule has 0 aromatic heterocycles. The standard InChI is InChI=1S/C17H22N2O5/c1-3-11-4-6-13(7-5-11)19-9-12(8-15(19)20)16(21)18-14(10-24-2)17(22)23/h4-7,12,14H,3,8-10H2,1-2H3,(H,18,21)(H,22,23). The summed E-state index contributed by atoms with van der Waals surface area (Å²) in [4.78, 5) is 37.1. The third-order valence-electron chi connectivity index (χ3n) is 4.10. The smallest absolute Gasteiger partial charge is 0.328 e. The Hall–Kier alpha value is -2.41. The molecule has 1 aliphatic rings. The normalized spacial score (nSPS) is 18.5. The first-order valence-corrected chi connectivity index (χ1v) is 7.87. The molecule has 1 aromatic rings. The number of carbonyl (C=O) groups excluding carboxylic acids is 2. The van der Waals surface area contributed by atoms with E-state index >= 15 is 0 Å². The van der Waals surface area contributed by atoms with Gasteiger partial charge in [-0.05, 0) is 24.1 Å². The Kier molecular flexibility index (Phi) is 5.92. The summed E-state index contributed by atoms with van der Waals surface area (Å²) in [5.74, 6) is -2.32. The van der Waals surface area contributed by atoms with Gasteiger partial charge in [-0.15, -0.1) is 0 Å². The Morgan fingerprint density at radius 1 is 1.38 bits per heavy atom. The zero-order chi connectivity index (χ0) is 17.7. The summed E-state index contributed by atoms with van der Waals surface area (Å²) in [7, 11) is 1.36. The highest BCUT2D eigenvalue weighted by Gasteiger charge is 2.36. The molecule has 0 radical (unpaired) electrons. The van der Waals surface area contributed by atoms with Crippen LogP contribution in [0.15, 0.2) is 24.3 Å². The lowest BCUT2D eigenvalue weighted by Crippen LogP contribution is -2.46. The van der Waals surface area contributed by atoms with E-state index in [1.807, 2.05) is 24.3 Å². The van der Waals surface area contributed by atoms with Gasteiger partial charge in [0, 0.05) is 25.8 Å². The van der Waals surface area contributed by atoms with Crippen molar-refractivity contribution in [2.45, 2.75) is 25.8 Å². The van der Waals surface area contributed by atoms with Crippen molar-refractivity contribution >= 4 is 23.5 Å². The minimum Gasteiger partial charge on any atom is -0.480 e. The average Bonchev–Trinajstić information content (AvgIpc) is 2.96. The summed E-state index contributed by atoms with van der Waals surface area (Å²) in [6.07, 6.45) is 0.982. The molecule has 2 amide bonds. The lowest BCUT2D eigenvalue weighted by Gasteiger charge is -2.18. The van der Waals surface area contributed by atoms with Gasteiger partial charge in [0.2, 0.25) is 11.8 Å². The number of nitrogens with zero attached hydrogens (tertiary/aromatic N) is 1. The van der Waals surface area contributed by atoms with E-state index in [0.29, 0.717) is 0 Å². The van der Waals surface area contributed by atoms with Crippen molar-refractivity contribution < 1.29 is 24.2 Å². The first kappa shape index (κ1) is 17.9. The third-order valence-corrected chi connectivity index (χ3v) is 4.10. The number of hydrogen-bond acceptors (Lipinski definition) is 4. The van der Waals surface area contributed by atoms with Crippen LogP contribution in [-0.4, -0.2) is 49.2 Å². The van der Waals surface area contributed by atoms with Gasteiger partial charge in [0.15, 0.2) is 6.04 Å². The fraction of sp³-hybridized carbons (Fsp3) is 0.471. The number of rotatable bonds is 7. The molecule has 0 bridgehead atoms. The summed E-state index contributed by atoms with van der Waals surface area (Å²) >= 11 is 0. The number of nitrogens with one attached hydrogen (secondary N) is 1. The topological polar surface area (TPSA) is 95.9 Å². The van der Waals surface area contributed by atoms with E-state index in [1.165, 1.54) is 12.7 Å². The lowest BCUT2D eigenvalue weighted by atomic mass is 10.1. The first-order chi connectivity index (χ1) is 11.5. The SMILES string of the molecule is CCc1ccc(N2CC(C(=O)NC(COC)C(=O)O)CC2=O)cc1. The number of hydrogen-bond donors (Lipinski definition) is 2. The maximum absolute atomic E-state index is 12.2. The molecule has 2 unspecified atom stereocenters. The highest BCUT2D eigenvalue weighted by atomic mass is 16.5. The Morgan fingerprint density at radius 3 is 2.58 bits per heavy atom. The molecule has 24 heavy (non-hydrogen) atoms. The predicted molar refractivity (Wildman–Crippen MR) is 87.7 cm³/mol. The number of aryl methyl sites for hydroxylation is 1. The van der Waals surface area contributed by atoms with Gasteiger partial charge >= 0.3 is 5.97 Å². The number of methoxy groups -OCH3 is 1. The summed E-state index contributed by atoms with van der Waals surface area (Å²) in [5.41, 5.74) is 1.92. The molecule has 130 valence electrons. The van der Waals surface area contributed by atoms with Crippen LogP contribution in [0.2, 0.25) is 0 Å². The molecule has 1 aromatic carbocycles. The number of amides is 2. The van der Waals surface area contributed by atoms with Crippen LogP contribution in [0.4, 0.5) is 5.69 Å². The van der Waals surface area contributed by atoms with Gasteiger partial charge in [0.25, 0.3) is 0 Å². The lowest BCUT2D eigenvalue weighted by molar-refractivity contribution is -0.143. The van der Waals surface area contributed by atoms with Gasteiger partial charge in [-0.3, -0.25) is 9.59 Å². The van der Waals surface area contributed by atoms with Crippen LogP contribution >= 0.6 is 0 Å². The molecule has 0 aliphatic carbocycles. The van der Waals surface area contributed by atoms with Crippen LogP contribution in [0.3, 0.4) is 0 Å². The molecule has 1 aliphatic heterocycles. The molecular weight excluding hydrogens is 312 g/mol. The molecule has 2 N–H and O–H groups in total. The summed E-state index contributed by atoms with van der Waals surface area (Å²) in [6.45, 7) is 2.18. The Balaban J connectivity index is 2.02. The highest BCUT2D eigenvalue weighted by molar-refractivity contribution is 6.00. The van der Waals surface area contributed by atoms with Crippen molar-refractivity contribution in [2.75, 3.05) is 25.2 Å². The maximum atomic E-state index is 12.2. The van der Waals surface area contributed by atoms with Gasteiger partial charge in [-0.2, -0.15) is 0 Å². The monoisotopic (exact) mass is 334 g/mol. The van der Waals surface area contributed by atoms with Crippen molar-refractivity contribution in [2.24, 2.45) is 5.92 Å². The fourth-order valence-electron chi connectivity index (χ4n) is 2.68. The molecule has 2 atom stereocenters. The molecule has 7 heteroatoms. The predicted octanol–water partition coefficient (Wildman–Crippen LogP) is 0.818. The molecule has 7 nitrogen and oxygen atoms in total. The summed E-state index contributed by atoms with van der Waals surface area (Å²) < 4.78 is 4.79.